The molecule has 0 fully saturated rings. The Hall–Kier alpha value is -1.45. The molecule has 0 radical (unpaired) electrons. The number of amides is 1. The second-order valence-electron chi connectivity index (χ2n) is 5.17. The first-order valence-corrected chi connectivity index (χ1v) is 6.93. The Balaban J connectivity index is 2.99. The van der Waals surface area contributed by atoms with E-state index in [4.69, 9.17) is 0 Å². The molecule has 0 atom stereocenters. The van der Waals surface area contributed by atoms with E-state index in [9.17, 15) is 9.18 Å². The van der Waals surface area contributed by atoms with E-state index < -0.39 is 5.95 Å². The minimum absolute atomic E-state index is 0.179. The van der Waals surface area contributed by atoms with Crippen LogP contribution in [0.25, 0.3) is 0 Å². The van der Waals surface area contributed by atoms with E-state index in [2.05, 4.69) is 32.7 Å². The zero-order chi connectivity index (χ0) is 14.4. The number of pyridine rings is 1. The predicted molar refractivity (Wildman–Crippen MR) is 74.4 cm³/mol. The minimum Gasteiger partial charge on any atom is -0.334 e. The second-order valence-corrected chi connectivity index (χ2v) is 5.17. The highest BCUT2D eigenvalue weighted by atomic mass is 19.1. The van der Waals surface area contributed by atoms with Crippen molar-refractivity contribution in [1.82, 2.24) is 9.88 Å². The first-order valence-electron chi connectivity index (χ1n) is 6.93. The lowest BCUT2D eigenvalue weighted by Crippen LogP contribution is -2.42. The summed E-state index contributed by atoms with van der Waals surface area (Å²) in [5.74, 6) is -0.417. The lowest BCUT2D eigenvalue weighted by molar-refractivity contribution is 0.0633. The van der Waals surface area contributed by atoms with E-state index in [1.165, 1.54) is 12.1 Å². The molecule has 0 saturated heterocycles. The number of halogens is 1. The molecule has 0 bridgehead atoms. The van der Waals surface area contributed by atoms with Gasteiger partial charge in [-0.15, -0.1) is 0 Å². The largest absolute Gasteiger partial charge is 0.334 e. The summed E-state index contributed by atoms with van der Waals surface area (Å²) in [5, 5.41) is 0. The number of hydrogen-bond acceptors (Lipinski definition) is 2. The number of hydrogen-bond donors (Lipinski definition) is 0. The highest BCUT2D eigenvalue weighted by Gasteiger charge is 2.24. The normalized spacial score (nSPS) is 11.1. The molecule has 1 heterocycles. The third-order valence-corrected chi connectivity index (χ3v) is 3.14. The fourth-order valence-electron chi connectivity index (χ4n) is 2.20. The number of carbonyl (C=O) groups excluding carboxylic acids is 1. The van der Waals surface area contributed by atoms with Crippen LogP contribution in [0.15, 0.2) is 18.2 Å². The van der Waals surface area contributed by atoms with Gasteiger partial charge in [-0.1, -0.05) is 33.8 Å². The van der Waals surface area contributed by atoms with Gasteiger partial charge in [0.05, 0.1) is 0 Å². The van der Waals surface area contributed by atoms with Gasteiger partial charge in [-0.2, -0.15) is 4.39 Å². The zero-order valence-corrected chi connectivity index (χ0v) is 12.2. The molecule has 106 valence electrons. The van der Waals surface area contributed by atoms with Crippen LogP contribution in [0.2, 0.25) is 0 Å². The SMILES string of the molecule is CCC(CC)N(CC(C)C)C(=O)c1cccc(F)n1. The van der Waals surface area contributed by atoms with Gasteiger partial charge < -0.3 is 4.90 Å². The molecule has 19 heavy (non-hydrogen) atoms. The van der Waals surface area contributed by atoms with Crippen LogP contribution in [0, 0.1) is 11.9 Å². The van der Waals surface area contributed by atoms with Gasteiger partial charge in [-0.3, -0.25) is 4.79 Å². The van der Waals surface area contributed by atoms with E-state index in [1.807, 2.05) is 4.90 Å². The Bertz CT molecular complexity index is 416. The Morgan fingerprint density at radius 2 is 1.95 bits per heavy atom. The Kier molecular flexibility index (Phi) is 5.93. The molecule has 1 aromatic heterocycles. The first kappa shape index (κ1) is 15.6. The predicted octanol–water partition coefficient (Wildman–Crippen LogP) is 3.51. The Morgan fingerprint density at radius 3 is 2.42 bits per heavy atom. The van der Waals surface area contributed by atoms with Gasteiger partial charge in [0.25, 0.3) is 5.91 Å². The summed E-state index contributed by atoms with van der Waals surface area (Å²) in [6, 6.07) is 4.53. The number of carbonyl (C=O) groups is 1. The van der Waals surface area contributed by atoms with Crippen LogP contribution in [-0.2, 0) is 0 Å². The van der Waals surface area contributed by atoms with E-state index in [-0.39, 0.29) is 17.6 Å². The van der Waals surface area contributed by atoms with Gasteiger partial charge in [-0.05, 0) is 30.9 Å². The molecule has 1 aromatic rings. The Labute approximate surface area is 114 Å². The maximum atomic E-state index is 13.1. The summed E-state index contributed by atoms with van der Waals surface area (Å²) >= 11 is 0. The maximum Gasteiger partial charge on any atom is 0.272 e. The molecule has 0 aliphatic carbocycles. The van der Waals surface area contributed by atoms with Crippen molar-refractivity contribution in [3.05, 3.63) is 29.8 Å². The summed E-state index contributed by atoms with van der Waals surface area (Å²) in [4.78, 5) is 18.0. The van der Waals surface area contributed by atoms with Crippen LogP contribution in [0.4, 0.5) is 4.39 Å². The van der Waals surface area contributed by atoms with Crippen LogP contribution in [0.3, 0.4) is 0 Å². The fraction of sp³-hybridized carbons (Fsp3) is 0.600. The molecule has 0 aliphatic rings. The minimum atomic E-state index is -0.611. The molecule has 3 nitrogen and oxygen atoms in total. The summed E-state index contributed by atoms with van der Waals surface area (Å²) in [6.45, 7) is 8.94. The van der Waals surface area contributed by atoms with Crippen molar-refractivity contribution in [2.24, 2.45) is 5.92 Å². The second kappa shape index (κ2) is 7.22. The van der Waals surface area contributed by atoms with Gasteiger partial charge in [0.2, 0.25) is 5.95 Å². The lowest BCUT2D eigenvalue weighted by atomic mass is 10.1. The molecule has 0 N–H and O–H groups in total. The van der Waals surface area contributed by atoms with E-state index in [0.717, 1.165) is 12.8 Å². The van der Waals surface area contributed by atoms with Gasteiger partial charge >= 0.3 is 0 Å². The highest BCUT2D eigenvalue weighted by molar-refractivity contribution is 5.92. The smallest absolute Gasteiger partial charge is 0.272 e. The number of nitrogens with zero attached hydrogens (tertiary/aromatic N) is 2. The average molecular weight is 266 g/mol. The molecule has 1 rings (SSSR count). The van der Waals surface area contributed by atoms with Crippen LogP contribution >= 0.6 is 0 Å². The lowest BCUT2D eigenvalue weighted by Gasteiger charge is -2.31. The average Bonchev–Trinajstić information content (AvgIpc) is 2.37. The summed E-state index contributed by atoms with van der Waals surface area (Å²) in [5.41, 5.74) is 0.188. The zero-order valence-electron chi connectivity index (χ0n) is 12.2. The van der Waals surface area contributed by atoms with Crippen LogP contribution < -0.4 is 0 Å². The quantitative estimate of drug-likeness (QED) is 0.738. The standard InChI is InChI=1S/C15H23FN2O/c1-5-12(6-2)18(10-11(3)4)15(19)13-8-7-9-14(16)17-13/h7-9,11-12H,5-6,10H2,1-4H3. The Morgan fingerprint density at radius 1 is 1.32 bits per heavy atom. The molecule has 0 aromatic carbocycles. The third kappa shape index (κ3) is 4.30. The molecule has 0 aliphatic heterocycles. The topological polar surface area (TPSA) is 33.2 Å². The summed E-state index contributed by atoms with van der Waals surface area (Å²) in [7, 11) is 0. The van der Waals surface area contributed by atoms with Gasteiger partial charge in [0, 0.05) is 12.6 Å². The summed E-state index contributed by atoms with van der Waals surface area (Å²) in [6.07, 6.45) is 1.79. The van der Waals surface area contributed by atoms with E-state index in [0.29, 0.717) is 12.5 Å². The monoisotopic (exact) mass is 266 g/mol. The molecular formula is C15H23FN2O. The molecule has 4 heteroatoms. The third-order valence-electron chi connectivity index (χ3n) is 3.14. The van der Waals surface area contributed by atoms with Gasteiger partial charge in [-0.25, -0.2) is 4.98 Å². The first-order chi connectivity index (χ1) is 8.99. The molecular weight excluding hydrogens is 243 g/mol. The van der Waals surface area contributed by atoms with Crippen molar-refractivity contribution in [2.45, 2.75) is 46.6 Å². The maximum absolute atomic E-state index is 13.1. The molecule has 0 unspecified atom stereocenters. The van der Waals surface area contributed by atoms with Crippen LogP contribution in [-0.4, -0.2) is 28.4 Å². The van der Waals surface area contributed by atoms with Crippen molar-refractivity contribution in [1.29, 1.82) is 0 Å². The number of rotatable bonds is 6. The highest BCUT2D eigenvalue weighted by Crippen LogP contribution is 2.15. The van der Waals surface area contributed by atoms with Crippen LogP contribution in [0.5, 0.6) is 0 Å². The van der Waals surface area contributed by atoms with Gasteiger partial charge in [0.1, 0.15) is 5.69 Å². The van der Waals surface area contributed by atoms with Crippen molar-refractivity contribution >= 4 is 5.91 Å². The van der Waals surface area contributed by atoms with Crippen molar-refractivity contribution in [2.75, 3.05) is 6.54 Å². The fourth-order valence-corrected chi connectivity index (χ4v) is 2.20. The molecule has 0 saturated carbocycles. The van der Waals surface area contributed by atoms with E-state index in [1.54, 1.807) is 6.07 Å². The van der Waals surface area contributed by atoms with Crippen LogP contribution in [0.1, 0.15) is 51.0 Å². The molecule has 0 spiro atoms. The van der Waals surface area contributed by atoms with Crippen molar-refractivity contribution in [3.63, 3.8) is 0 Å². The summed E-state index contributed by atoms with van der Waals surface area (Å²) < 4.78 is 13.1. The molecule has 1 amide bonds. The number of aromatic nitrogens is 1. The van der Waals surface area contributed by atoms with Gasteiger partial charge in [0.15, 0.2) is 0 Å². The van der Waals surface area contributed by atoms with Crippen molar-refractivity contribution < 1.29 is 9.18 Å². The van der Waals surface area contributed by atoms with E-state index >= 15 is 0 Å². The van der Waals surface area contributed by atoms with Crippen molar-refractivity contribution in [3.8, 4) is 0 Å².